The Morgan fingerprint density at radius 3 is 2.37 bits per heavy atom. The number of hydrogen-bond acceptors (Lipinski definition) is 4. The maximum atomic E-state index is 12.7. The number of carbonyl (C=O) groups is 2. The van der Waals surface area contributed by atoms with Gasteiger partial charge in [-0.1, -0.05) is 18.2 Å². The first kappa shape index (κ1) is 19.1. The molecule has 3 rings (SSSR count). The Bertz CT molecular complexity index is 997. The quantitative estimate of drug-likeness (QED) is 0.842. The SMILES string of the molecule is CN(C)S(=O)(=O)c1ccc2c(c1)N(C(=O)Cc1ccc(C(=O)O)cc1)CC2. The number of benzene rings is 2. The molecule has 0 saturated heterocycles. The lowest BCUT2D eigenvalue weighted by atomic mass is 10.1. The van der Waals surface area contributed by atoms with E-state index in [1.54, 1.807) is 35.2 Å². The normalized spacial score (nSPS) is 13.7. The molecule has 7 nitrogen and oxygen atoms in total. The zero-order valence-corrected chi connectivity index (χ0v) is 15.9. The lowest BCUT2D eigenvalue weighted by Gasteiger charge is -2.19. The van der Waals surface area contributed by atoms with Crippen molar-refractivity contribution < 1.29 is 23.1 Å². The number of hydrogen-bond donors (Lipinski definition) is 1. The number of sulfonamides is 1. The van der Waals surface area contributed by atoms with Crippen LogP contribution in [0.15, 0.2) is 47.4 Å². The van der Waals surface area contributed by atoms with Crippen LogP contribution in [0.3, 0.4) is 0 Å². The van der Waals surface area contributed by atoms with Crippen molar-refractivity contribution in [3.63, 3.8) is 0 Å². The molecule has 1 N–H and O–H groups in total. The first-order valence-electron chi connectivity index (χ1n) is 8.38. The number of amides is 1. The van der Waals surface area contributed by atoms with Gasteiger partial charge in [-0.2, -0.15) is 0 Å². The number of fused-ring (bicyclic) bond motifs is 1. The highest BCUT2D eigenvalue weighted by Gasteiger charge is 2.27. The summed E-state index contributed by atoms with van der Waals surface area (Å²) in [6, 6.07) is 11.0. The van der Waals surface area contributed by atoms with Crippen molar-refractivity contribution >= 4 is 27.6 Å². The van der Waals surface area contributed by atoms with Crippen LogP contribution in [0.5, 0.6) is 0 Å². The highest BCUT2D eigenvalue weighted by molar-refractivity contribution is 7.89. The Hall–Kier alpha value is -2.71. The van der Waals surface area contributed by atoms with Gasteiger partial charge in [-0.3, -0.25) is 4.79 Å². The summed E-state index contributed by atoms with van der Waals surface area (Å²) in [5, 5.41) is 8.94. The molecule has 2 aromatic rings. The van der Waals surface area contributed by atoms with Gasteiger partial charge in [0.25, 0.3) is 0 Å². The van der Waals surface area contributed by atoms with E-state index in [-0.39, 0.29) is 22.8 Å². The molecular weight excluding hydrogens is 368 g/mol. The van der Waals surface area contributed by atoms with Gasteiger partial charge in [0, 0.05) is 26.3 Å². The van der Waals surface area contributed by atoms with Crippen molar-refractivity contribution in [2.75, 3.05) is 25.5 Å². The zero-order chi connectivity index (χ0) is 19.8. The summed E-state index contributed by atoms with van der Waals surface area (Å²) >= 11 is 0. The van der Waals surface area contributed by atoms with Crippen LogP contribution in [0.2, 0.25) is 0 Å². The Labute approximate surface area is 157 Å². The molecule has 0 aliphatic carbocycles. The molecule has 0 unspecified atom stereocenters. The number of nitrogens with zero attached hydrogens (tertiary/aromatic N) is 2. The highest BCUT2D eigenvalue weighted by Crippen LogP contribution is 2.31. The Morgan fingerprint density at radius 2 is 1.78 bits per heavy atom. The monoisotopic (exact) mass is 388 g/mol. The predicted octanol–water partition coefficient (Wildman–Crippen LogP) is 1.77. The Morgan fingerprint density at radius 1 is 1.11 bits per heavy atom. The zero-order valence-electron chi connectivity index (χ0n) is 15.0. The molecule has 1 heterocycles. The number of rotatable bonds is 5. The topological polar surface area (TPSA) is 95.0 Å². The van der Waals surface area contributed by atoms with Crippen LogP contribution in [-0.4, -0.2) is 50.3 Å². The first-order chi connectivity index (χ1) is 12.7. The second kappa shape index (κ2) is 7.13. The molecule has 1 aliphatic heterocycles. The first-order valence-corrected chi connectivity index (χ1v) is 9.82. The maximum Gasteiger partial charge on any atom is 0.335 e. The van der Waals surface area contributed by atoms with Crippen molar-refractivity contribution in [3.05, 3.63) is 59.2 Å². The smallest absolute Gasteiger partial charge is 0.335 e. The van der Waals surface area contributed by atoms with E-state index in [1.165, 1.54) is 26.2 Å². The third-order valence-corrected chi connectivity index (χ3v) is 6.40. The lowest BCUT2D eigenvalue weighted by molar-refractivity contribution is -0.117. The Kier molecular flexibility index (Phi) is 5.03. The number of carbonyl (C=O) groups excluding carboxylic acids is 1. The van der Waals surface area contributed by atoms with E-state index in [2.05, 4.69) is 0 Å². The van der Waals surface area contributed by atoms with E-state index in [1.807, 2.05) is 0 Å². The number of carboxylic acids is 1. The number of anilines is 1. The van der Waals surface area contributed by atoms with E-state index in [0.29, 0.717) is 24.2 Å². The summed E-state index contributed by atoms with van der Waals surface area (Å²) < 4.78 is 25.9. The second-order valence-electron chi connectivity index (χ2n) is 6.55. The summed E-state index contributed by atoms with van der Waals surface area (Å²) in [4.78, 5) is 25.4. The molecule has 0 atom stereocenters. The van der Waals surface area contributed by atoms with Gasteiger partial charge in [-0.15, -0.1) is 0 Å². The van der Waals surface area contributed by atoms with Gasteiger partial charge in [0.05, 0.1) is 16.9 Å². The molecule has 0 aromatic heterocycles. The van der Waals surface area contributed by atoms with Crippen molar-refractivity contribution in [3.8, 4) is 0 Å². The van der Waals surface area contributed by atoms with Crippen LogP contribution >= 0.6 is 0 Å². The van der Waals surface area contributed by atoms with Gasteiger partial charge in [-0.05, 0) is 41.8 Å². The summed E-state index contributed by atoms with van der Waals surface area (Å²) in [5.74, 6) is -1.17. The third-order valence-electron chi connectivity index (χ3n) is 4.59. The van der Waals surface area contributed by atoms with Crippen LogP contribution in [-0.2, 0) is 27.7 Å². The summed E-state index contributed by atoms with van der Waals surface area (Å²) in [6.07, 6.45) is 0.783. The van der Waals surface area contributed by atoms with Gasteiger partial charge in [-0.25, -0.2) is 17.5 Å². The highest BCUT2D eigenvalue weighted by atomic mass is 32.2. The van der Waals surface area contributed by atoms with Crippen LogP contribution in [0.4, 0.5) is 5.69 Å². The number of carboxylic acid groups (broad SMARTS) is 1. The van der Waals surface area contributed by atoms with Crippen LogP contribution in [0.25, 0.3) is 0 Å². The van der Waals surface area contributed by atoms with E-state index in [4.69, 9.17) is 5.11 Å². The van der Waals surface area contributed by atoms with Crippen molar-refractivity contribution in [1.29, 1.82) is 0 Å². The molecule has 0 radical (unpaired) electrons. The van der Waals surface area contributed by atoms with Gasteiger partial charge >= 0.3 is 5.97 Å². The molecule has 27 heavy (non-hydrogen) atoms. The summed E-state index contributed by atoms with van der Waals surface area (Å²) in [7, 11) is -0.651. The molecule has 2 aromatic carbocycles. The minimum atomic E-state index is -3.58. The molecule has 0 bridgehead atoms. The Balaban J connectivity index is 1.84. The predicted molar refractivity (Wildman–Crippen MR) is 100 cm³/mol. The summed E-state index contributed by atoms with van der Waals surface area (Å²) in [6.45, 7) is 0.493. The van der Waals surface area contributed by atoms with Crippen LogP contribution in [0, 0.1) is 0 Å². The van der Waals surface area contributed by atoms with E-state index in [0.717, 1.165) is 9.87 Å². The largest absolute Gasteiger partial charge is 0.478 e. The molecule has 0 saturated carbocycles. The molecule has 0 fully saturated rings. The van der Waals surface area contributed by atoms with Crippen molar-refractivity contribution in [2.45, 2.75) is 17.7 Å². The lowest BCUT2D eigenvalue weighted by Crippen LogP contribution is -2.30. The van der Waals surface area contributed by atoms with Gasteiger partial charge in [0.15, 0.2) is 0 Å². The minimum absolute atomic E-state index is 0.115. The molecule has 8 heteroatoms. The molecule has 1 amide bonds. The number of aromatic carboxylic acids is 1. The average Bonchev–Trinajstić information content (AvgIpc) is 3.05. The van der Waals surface area contributed by atoms with E-state index < -0.39 is 16.0 Å². The fraction of sp³-hybridized carbons (Fsp3) is 0.263. The third kappa shape index (κ3) is 3.72. The molecule has 0 spiro atoms. The molecular formula is C19H20N2O5S. The molecule has 1 aliphatic rings. The van der Waals surface area contributed by atoms with E-state index >= 15 is 0 Å². The van der Waals surface area contributed by atoms with Gasteiger partial charge in [0.1, 0.15) is 0 Å². The van der Waals surface area contributed by atoms with Crippen molar-refractivity contribution in [1.82, 2.24) is 4.31 Å². The van der Waals surface area contributed by atoms with Crippen LogP contribution in [0.1, 0.15) is 21.5 Å². The average molecular weight is 388 g/mol. The fourth-order valence-corrected chi connectivity index (χ4v) is 3.95. The fourth-order valence-electron chi connectivity index (χ4n) is 3.02. The maximum absolute atomic E-state index is 12.7. The standard InChI is InChI=1S/C19H20N2O5S/c1-20(2)27(25,26)16-8-7-14-9-10-21(17(14)12-16)18(22)11-13-3-5-15(6-4-13)19(23)24/h3-8,12H,9-11H2,1-2H3,(H,23,24). The van der Waals surface area contributed by atoms with Crippen molar-refractivity contribution in [2.24, 2.45) is 0 Å². The van der Waals surface area contributed by atoms with Crippen LogP contribution < -0.4 is 4.90 Å². The second-order valence-corrected chi connectivity index (χ2v) is 8.70. The van der Waals surface area contributed by atoms with Gasteiger partial charge in [0.2, 0.25) is 15.9 Å². The van der Waals surface area contributed by atoms with Gasteiger partial charge < -0.3 is 10.0 Å². The summed E-state index contributed by atoms with van der Waals surface area (Å²) in [5.41, 5.74) is 2.42. The molecule has 142 valence electrons. The van der Waals surface area contributed by atoms with E-state index in [9.17, 15) is 18.0 Å². The minimum Gasteiger partial charge on any atom is -0.478 e.